The molecule has 1 aliphatic heterocycles. The number of ether oxygens (including phenoxy) is 4. The van der Waals surface area contributed by atoms with Crippen LogP contribution in [0.25, 0.3) is 0 Å². The second-order valence-corrected chi connectivity index (χ2v) is 10.2. The predicted octanol–water partition coefficient (Wildman–Crippen LogP) is 4.95. The lowest BCUT2D eigenvalue weighted by atomic mass is 9.95. The summed E-state index contributed by atoms with van der Waals surface area (Å²) in [7, 11) is 1.47. The van der Waals surface area contributed by atoms with Crippen molar-refractivity contribution in [3.8, 4) is 17.2 Å². The molecular weight excluding hydrogens is 611 g/mol. The van der Waals surface area contributed by atoms with E-state index in [0.717, 1.165) is 5.56 Å². The number of carbonyl (C=O) groups excluding carboxylic acids is 2. The van der Waals surface area contributed by atoms with E-state index in [1.165, 1.54) is 25.5 Å². The molecule has 0 saturated carbocycles. The molecule has 0 saturated heterocycles. The Bertz CT molecular complexity index is 1600. The second-order valence-electron chi connectivity index (χ2n) is 9.36. The van der Waals surface area contributed by atoms with E-state index in [1.54, 1.807) is 62.4 Å². The molecule has 230 valence electrons. The summed E-state index contributed by atoms with van der Waals surface area (Å²) < 4.78 is 35.4. The number of methoxy groups -OCH3 is 1. The number of para-hydroxylation sites is 1. The Balaban J connectivity index is 1.39. The van der Waals surface area contributed by atoms with E-state index in [0.29, 0.717) is 44.8 Å². The normalized spacial score (nSPS) is 14.5. The van der Waals surface area contributed by atoms with E-state index in [-0.39, 0.29) is 30.7 Å². The van der Waals surface area contributed by atoms with Gasteiger partial charge in [-0.2, -0.15) is 5.10 Å². The summed E-state index contributed by atoms with van der Waals surface area (Å²) in [4.78, 5) is 25.3. The number of amides is 1. The van der Waals surface area contributed by atoms with Gasteiger partial charge in [-0.3, -0.25) is 4.79 Å². The summed E-state index contributed by atoms with van der Waals surface area (Å²) in [5, 5.41) is 10.6. The number of allylic oxidation sites excluding steroid dienone is 1. The standard InChI is InChI=1S/C31H30ClFN4O6S/c1-4-41-30(39)27-18(2)35-31(44)36-28(27)22-7-5-6-8-24(22)42-17-26(38)37-34-15-20-13-23(32)29(25(14-20)40-3)43-16-19-9-11-21(33)12-10-19/h5-15,28H,4,16-17H2,1-3H3,(H,37,38)(H2,35,36,44)/t28-/m0/s1. The third-order valence-corrected chi connectivity index (χ3v) is 6.81. The predicted molar refractivity (Wildman–Crippen MR) is 167 cm³/mol. The zero-order valence-corrected chi connectivity index (χ0v) is 25.7. The Hall–Kier alpha value is -4.68. The Morgan fingerprint density at radius 3 is 2.59 bits per heavy atom. The fourth-order valence-electron chi connectivity index (χ4n) is 4.30. The SMILES string of the molecule is CCOC(=O)C1=C(C)NC(=S)N[C@H]1c1ccccc1OCC(=O)NN=Cc1cc(Cl)c(OCc2ccc(F)cc2)c(OC)c1. The number of nitrogens with zero attached hydrogens (tertiary/aromatic N) is 1. The molecule has 13 heteroatoms. The zero-order valence-electron chi connectivity index (χ0n) is 24.1. The monoisotopic (exact) mass is 640 g/mol. The zero-order chi connectivity index (χ0) is 31.6. The van der Waals surface area contributed by atoms with Crippen molar-refractivity contribution in [2.45, 2.75) is 26.5 Å². The van der Waals surface area contributed by atoms with Crippen molar-refractivity contribution in [3.05, 3.63) is 99.5 Å². The minimum atomic E-state index is -0.651. The van der Waals surface area contributed by atoms with Crippen LogP contribution in [-0.4, -0.2) is 43.5 Å². The summed E-state index contributed by atoms with van der Waals surface area (Å²) in [5.74, 6) is -0.329. The van der Waals surface area contributed by atoms with Crippen LogP contribution < -0.4 is 30.3 Å². The van der Waals surface area contributed by atoms with E-state index in [2.05, 4.69) is 21.2 Å². The number of rotatable bonds is 12. The van der Waals surface area contributed by atoms with Crippen LogP contribution in [0.2, 0.25) is 5.02 Å². The highest BCUT2D eigenvalue weighted by atomic mass is 35.5. The van der Waals surface area contributed by atoms with Crippen LogP contribution in [0.1, 0.15) is 36.6 Å². The van der Waals surface area contributed by atoms with E-state index in [4.69, 9.17) is 42.8 Å². The van der Waals surface area contributed by atoms with Crippen LogP contribution in [0, 0.1) is 5.82 Å². The van der Waals surface area contributed by atoms with Crippen LogP contribution in [0.5, 0.6) is 17.2 Å². The average molecular weight is 641 g/mol. The maximum atomic E-state index is 13.2. The molecule has 3 aromatic rings. The fourth-order valence-corrected chi connectivity index (χ4v) is 4.85. The van der Waals surface area contributed by atoms with Crippen molar-refractivity contribution >= 4 is 47.0 Å². The maximum absolute atomic E-state index is 13.2. The van der Waals surface area contributed by atoms with E-state index >= 15 is 0 Å². The van der Waals surface area contributed by atoms with Gasteiger partial charge < -0.3 is 29.6 Å². The van der Waals surface area contributed by atoms with Crippen molar-refractivity contribution in [2.75, 3.05) is 20.3 Å². The molecule has 3 aromatic carbocycles. The Labute approximate surface area is 264 Å². The minimum absolute atomic E-state index is 0.156. The van der Waals surface area contributed by atoms with E-state index in [1.807, 2.05) is 0 Å². The van der Waals surface area contributed by atoms with Crippen LogP contribution in [-0.2, 0) is 20.9 Å². The number of thiocarbonyl (C=S) groups is 1. The van der Waals surface area contributed by atoms with Crippen LogP contribution in [0.3, 0.4) is 0 Å². The molecule has 0 spiro atoms. The first-order valence-corrected chi connectivity index (χ1v) is 14.2. The van der Waals surface area contributed by atoms with Gasteiger partial charge in [0.15, 0.2) is 23.2 Å². The number of hydrazone groups is 1. The highest BCUT2D eigenvalue weighted by Crippen LogP contribution is 2.37. The van der Waals surface area contributed by atoms with Crippen molar-refractivity contribution in [1.29, 1.82) is 0 Å². The van der Waals surface area contributed by atoms with Crippen LogP contribution in [0.4, 0.5) is 4.39 Å². The molecule has 0 aromatic heterocycles. The van der Waals surface area contributed by atoms with Gasteiger partial charge in [0.25, 0.3) is 5.91 Å². The number of esters is 1. The molecule has 0 aliphatic carbocycles. The number of nitrogens with one attached hydrogen (secondary N) is 3. The molecule has 10 nitrogen and oxygen atoms in total. The van der Waals surface area contributed by atoms with Crippen molar-refractivity contribution in [1.82, 2.24) is 16.1 Å². The topological polar surface area (TPSA) is 120 Å². The molecule has 1 heterocycles. The first-order valence-electron chi connectivity index (χ1n) is 13.4. The van der Waals surface area contributed by atoms with Gasteiger partial charge in [0, 0.05) is 11.3 Å². The fraction of sp³-hybridized carbons (Fsp3) is 0.226. The summed E-state index contributed by atoms with van der Waals surface area (Å²) in [6.07, 6.45) is 1.39. The van der Waals surface area contributed by atoms with Crippen molar-refractivity contribution in [3.63, 3.8) is 0 Å². The highest BCUT2D eigenvalue weighted by molar-refractivity contribution is 7.80. The molecule has 0 radical (unpaired) electrons. The molecule has 44 heavy (non-hydrogen) atoms. The number of benzene rings is 3. The quantitative estimate of drug-likeness (QED) is 0.109. The number of hydrogen-bond donors (Lipinski definition) is 3. The summed E-state index contributed by atoms with van der Waals surface area (Å²) >= 11 is 11.7. The molecule has 0 bridgehead atoms. The first kappa shape index (κ1) is 32.2. The molecule has 1 atom stereocenters. The van der Waals surface area contributed by atoms with Gasteiger partial charge in [-0.25, -0.2) is 14.6 Å². The minimum Gasteiger partial charge on any atom is -0.493 e. The van der Waals surface area contributed by atoms with Crippen LogP contribution >= 0.6 is 23.8 Å². The lowest BCUT2D eigenvalue weighted by Crippen LogP contribution is -2.45. The Morgan fingerprint density at radius 2 is 1.86 bits per heavy atom. The smallest absolute Gasteiger partial charge is 0.338 e. The Morgan fingerprint density at radius 1 is 1.11 bits per heavy atom. The van der Waals surface area contributed by atoms with E-state index < -0.39 is 17.9 Å². The van der Waals surface area contributed by atoms with Gasteiger partial charge in [0.05, 0.1) is 36.6 Å². The third kappa shape index (κ3) is 8.23. The van der Waals surface area contributed by atoms with Gasteiger partial charge in [-0.05, 0) is 67.5 Å². The molecule has 1 amide bonds. The molecule has 0 unspecified atom stereocenters. The summed E-state index contributed by atoms with van der Waals surface area (Å²) in [6, 6.07) is 15.5. The largest absolute Gasteiger partial charge is 0.493 e. The molecule has 3 N–H and O–H groups in total. The van der Waals surface area contributed by atoms with Gasteiger partial charge in [-0.15, -0.1) is 0 Å². The van der Waals surface area contributed by atoms with Gasteiger partial charge in [-0.1, -0.05) is 41.9 Å². The lowest BCUT2D eigenvalue weighted by Gasteiger charge is -2.30. The second kappa shape index (κ2) is 15.2. The lowest BCUT2D eigenvalue weighted by molar-refractivity contribution is -0.139. The molecule has 4 rings (SSSR count). The van der Waals surface area contributed by atoms with Gasteiger partial charge in [0.2, 0.25) is 0 Å². The van der Waals surface area contributed by atoms with Gasteiger partial charge >= 0.3 is 5.97 Å². The summed E-state index contributed by atoms with van der Waals surface area (Å²) in [6.45, 7) is 3.46. The van der Waals surface area contributed by atoms with Gasteiger partial charge in [0.1, 0.15) is 18.2 Å². The third-order valence-electron chi connectivity index (χ3n) is 6.30. The average Bonchev–Trinajstić information content (AvgIpc) is 3.00. The number of hydrogen-bond acceptors (Lipinski definition) is 8. The molecular formula is C31H30ClFN4O6S. The Kier molecular flexibility index (Phi) is 11.1. The molecule has 0 fully saturated rings. The number of carbonyl (C=O) groups is 2. The summed E-state index contributed by atoms with van der Waals surface area (Å²) in [5.41, 5.74) is 5.21. The molecule has 1 aliphatic rings. The maximum Gasteiger partial charge on any atom is 0.338 e. The highest BCUT2D eigenvalue weighted by Gasteiger charge is 2.32. The van der Waals surface area contributed by atoms with E-state index in [9.17, 15) is 14.0 Å². The first-order chi connectivity index (χ1) is 21.2. The van der Waals surface area contributed by atoms with Crippen molar-refractivity contribution < 1.29 is 32.9 Å². The van der Waals surface area contributed by atoms with Crippen molar-refractivity contribution in [2.24, 2.45) is 5.10 Å². The number of halogens is 2. The van der Waals surface area contributed by atoms with Crippen LogP contribution in [0.15, 0.2) is 77.0 Å².